The first-order valence-electron chi connectivity index (χ1n) is 7.20. The molecule has 0 spiro atoms. The first-order valence-corrected chi connectivity index (χ1v) is 7.58. The second-order valence-electron chi connectivity index (χ2n) is 5.19. The second kappa shape index (κ2) is 8.22. The van der Waals surface area contributed by atoms with E-state index in [0.29, 0.717) is 30.4 Å². The highest BCUT2D eigenvalue weighted by Crippen LogP contribution is 2.28. The molecule has 116 valence electrons. The number of aliphatic hydroxyl groups is 1. The van der Waals surface area contributed by atoms with E-state index >= 15 is 0 Å². The molecule has 21 heavy (non-hydrogen) atoms. The smallest absolute Gasteiger partial charge is 0.223 e. The van der Waals surface area contributed by atoms with Gasteiger partial charge < -0.3 is 20.5 Å². The minimum Gasteiger partial charge on any atom is -0.491 e. The number of benzene rings is 1. The van der Waals surface area contributed by atoms with Gasteiger partial charge in [0.1, 0.15) is 18.5 Å². The highest BCUT2D eigenvalue weighted by molar-refractivity contribution is 6.30. The number of hydrogen-bond donors (Lipinski definition) is 3. The largest absolute Gasteiger partial charge is 0.491 e. The van der Waals surface area contributed by atoms with Crippen molar-refractivity contribution in [3.63, 3.8) is 0 Å². The number of halogens is 1. The molecule has 0 radical (unpaired) electrons. The van der Waals surface area contributed by atoms with Gasteiger partial charge in [-0.15, -0.1) is 0 Å². The molecule has 1 atom stereocenters. The number of carbonyl (C=O) groups is 1. The molecule has 1 aromatic carbocycles. The number of amides is 1. The minimum absolute atomic E-state index is 0.140. The average molecular weight is 313 g/mol. The van der Waals surface area contributed by atoms with Crippen LogP contribution in [-0.4, -0.2) is 43.4 Å². The van der Waals surface area contributed by atoms with Crippen LogP contribution >= 0.6 is 11.6 Å². The Morgan fingerprint density at radius 1 is 1.43 bits per heavy atom. The van der Waals surface area contributed by atoms with Gasteiger partial charge in [-0.3, -0.25) is 4.79 Å². The summed E-state index contributed by atoms with van der Waals surface area (Å²) >= 11 is 5.84. The molecule has 0 bridgehead atoms. The van der Waals surface area contributed by atoms with Gasteiger partial charge in [0, 0.05) is 30.6 Å². The highest BCUT2D eigenvalue weighted by Gasteiger charge is 2.28. The zero-order chi connectivity index (χ0) is 15.1. The Morgan fingerprint density at radius 2 is 2.24 bits per heavy atom. The van der Waals surface area contributed by atoms with Gasteiger partial charge in [-0.1, -0.05) is 17.7 Å². The molecule has 1 fully saturated rings. The van der Waals surface area contributed by atoms with Crippen LogP contribution in [0.1, 0.15) is 12.8 Å². The zero-order valence-corrected chi connectivity index (χ0v) is 12.6. The first kappa shape index (κ1) is 16.1. The second-order valence-corrected chi connectivity index (χ2v) is 5.63. The lowest BCUT2D eigenvalue weighted by Crippen LogP contribution is -2.37. The number of aliphatic hydroxyl groups excluding tert-OH is 1. The summed E-state index contributed by atoms with van der Waals surface area (Å²) in [5, 5.41) is 16.3. The van der Waals surface area contributed by atoms with Crippen molar-refractivity contribution in [3.05, 3.63) is 29.3 Å². The Hall–Kier alpha value is -1.30. The Balaban J connectivity index is 1.51. The molecular formula is C15H21ClN2O3. The maximum absolute atomic E-state index is 11.4. The SMILES string of the molecule is O=C(NCCNCC(O)COc1cccc(Cl)c1)C1CC1. The fraction of sp³-hybridized carbons (Fsp3) is 0.533. The summed E-state index contributed by atoms with van der Waals surface area (Å²) in [4.78, 5) is 11.4. The predicted molar refractivity (Wildman–Crippen MR) is 81.6 cm³/mol. The third-order valence-corrected chi connectivity index (χ3v) is 3.40. The van der Waals surface area contributed by atoms with Crippen LogP contribution in [0, 0.1) is 5.92 Å². The lowest BCUT2D eigenvalue weighted by molar-refractivity contribution is -0.122. The van der Waals surface area contributed by atoms with Crippen LogP contribution in [-0.2, 0) is 4.79 Å². The van der Waals surface area contributed by atoms with Crippen molar-refractivity contribution in [2.24, 2.45) is 5.92 Å². The van der Waals surface area contributed by atoms with Crippen molar-refractivity contribution in [1.29, 1.82) is 0 Å². The fourth-order valence-corrected chi connectivity index (χ4v) is 2.02. The first-order chi connectivity index (χ1) is 10.1. The number of rotatable bonds is 9. The number of carbonyl (C=O) groups excluding carboxylic acids is 1. The van der Waals surface area contributed by atoms with Gasteiger partial charge in [-0.25, -0.2) is 0 Å². The number of ether oxygens (including phenoxy) is 1. The predicted octanol–water partition coefficient (Wildman–Crippen LogP) is 1.20. The van der Waals surface area contributed by atoms with E-state index in [1.807, 2.05) is 0 Å². The summed E-state index contributed by atoms with van der Waals surface area (Å²) in [5.41, 5.74) is 0. The van der Waals surface area contributed by atoms with Gasteiger partial charge in [0.25, 0.3) is 0 Å². The lowest BCUT2D eigenvalue weighted by Gasteiger charge is -2.13. The normalized spacial score (nSPS) is 15.5. The van der Waals surface area contributed by atoms with Crippen LogP contribution in [0.4, 0.5) is 0 Å². The molecule has 1 aliphatic rings. The van der Waals surface area contributed by atoms with Crippen LogP contribution in [0.25, 0.3) is 0 Å². The van der Waals surface area contributed by atoms with Crippen LogP contribution < -0.4 is 15.4 Å². The molecule has 0 heterocycles. The Bertz CT molecular complexity index is 466. The van der Waals surface area contributed by atoms with Crippen LogP contribution in [0.2, 0.25) is 5.02 Å². The van der Waals surface area contributed by atoms with Gasteiger partial charge in [0.15, 0.2) is 0 Å². The summed E-state index contributed by atoms with van der Waals surface area (Å²) in [6, 6.07) is 7.06. The van der Waals surface area contributed by atoms with E-state index in [2.05, 4.69) is 10.6 Å². The Labute approximate surface area is 129 Å². The monoisotopic (exact) mass is 312 g/mol. The minimum atomic E-state index is -0.608. The molecule has 2 rings (SSSR count). The summed E-state index contributed by atoms with van der Waals surface area (Å²) in [7, 11) is 0. The molecule has 1 aliphatic carbocycles. The molecule has 0 saturated heterocycles. The molecule has 1 aromatic rings. The van der Waals surface area contributed by atoms with E-state index in [9.17, 15) is 9.90 Å². The van der Waals surface area contributed by atoms with Gasteiger partial charge in [0.05, 0.1) is 0 Å². The summed E-state index contributed by atoms with van der Waals surface area (Å²) in [6.07, 6.45) is 1.42. The van der Waals surface area contributed by atoms with Crippen LogP contribution in [0.3, 0.4) is 0 Å². The van der Waals surface area contributed by atoms with Crippen molar-refractivity contribution in [1.82, 2.24) is 10.6 Å². The molecular weight excluding hydrogens is 292 g/mol. The summed E-state index contributed by atoms with van der Waals surface area (Å²) in [5.74, 6) is 1.02. The third kappa shape index (κ3) is 6.33. The maximum Gasteiger partial charge on any atom is 0.223 e. The van der Waals surface area contributed by atoms with Crippen molar-refractivity contribution in [3.8, 4) is 5.75 Å². The third-order valence-electron chi connectivity index (χ3n) is 3.17. The quantitative estimate of drug-likeness (QED) is 0.599. The molecule has 1 saturated carbocycles. The van der Waals surface area contributed by atoms with E-state index in [4.69, 9.17) is 16.3 Å². The van der Waals surface area contributed by atoms with Crippen molar-refractivity contribution in [2.75, 3.05) is 26.2 Å². The molecule has 1 unspecified atom stereocenters. The fourth-order valence-electron chi connectivity index (χ4n) is 1.84. The molecule has 6 heteroatoms. The standard InChI is InChI=1S/C15H21ClN2O3/c16-12-2-1-3-14(8-12)21-10-13(19)9-17-6-7-18-15(20)11-4-5-11/h1-3,8,11,13,17,19H,4-7,9-10H2,(H,18,20). The van der Waals surface area contributed by atoms with Gasteiger partial charge in [-0.05, 0) is 31.0 Å². The average Bonchev–Trinajstić information content (AvgIpc) is 3.29. The van der Waals surface area contributed by atoms with E-state index in [1.165, 1.54) is 0 Å². The van der Waals surface area contributed by atoms with E-state index in [0.717, 1.165) is 12.8 Å². The van der Waals surface area contributed by atoms with Crippen LogP contribution in [0.15, 0.2) is 24.3 Å². The molecule has 5 nitrogen and oxygen atoms in total. The number of nitrogens with one attached hydrogen (secondary N) is 2. The van der Waals surface area contributed by atoms with Crippen molar-refractivity contribution in [2.45, 2.75) is 18.9 Å². The maximum atomic E-state index is 11.4. The van der Waals surface area contributed by atoms with E-state index in [-0.39, 0.29) is 18.4 Å². The van der Waals surface area contributed by atoms with Gasteiger partial charge >= 0.3 is 0 Å². The molecule has 3 N–H and O–H groups in total. The molecule has 0 aromatic heterocycles. The Kier molecular flexibility index (Phi) is 6.29. The van der Waals surface area contributed by atoms with Gasteiger partial charge in [-0.2, -0.15) is 0 Å². The molecule has 0 aliphatic heterocycles. The highest BCUT2D eigenvalue weighted by atomic mass is 35.5. The molecule has 1 amide bonds. The van der Waals surface area contributed by atoms with Gasteiger partial charge in [0.2, 0.25) is 5.91 Å². The Morgan fingerprint density at radius 3 is 2.95 bits per heavy atom. The van der Waals surface area contributed by atoms with Crippen molar-refractivity contribution < 1.29 is 14.6 Å². The summed E-state index contributed by atoms with van der Waals surface area (Å²) < 4.78 is 5.44. The zero-order valence-electron chi connectivity index (χ0n) is 11.8. The van der Waals surface area contributed by atoms with E-state index in [1.54, 1.807) is 24.3 Å². The van der Waals surface area contributed by atoms with E-state index < -0.39 is 6.10 Å². The number of hydrogen-bond acceptors (Lipinski definition) is 4. The summed E-state index contributed by atoms with van der Waals surface area (Å²) in [6.45, 7) is 1.82. The topological polar surface area (TPSA) is 70.6 Å². The lowest BCUT2D eigenvalue weighted by atomic mass is 10.3. The van der Waals surface area contributed by atoms with Crippen LogP contribution in [0.5, 0.6) is 5.75 Å². The van der Waals surface area contributed by atoms with Crippen molar-refractivity contribution >= 4 is 17.5 Å².